The third-order valence-corrected chi connectivity index (χ3v) is 6.84. The summed E-state index contributed by atoms with van der Waals surface area (Å²) in [5, 5.41) is 0. The minimum absolute atomic E-state index is 0.111. The first-order chi connectivity index (χ1) is 8.10. The van der Waals surface area contributed by atoms with Crippen molar-refractivity contribution in [1.82, 2.24) is 4.90 Å². The number of rotatable bonds is 1. The average molecular weight is 318 g/mol. The predicted octanol–water partition coefficient (Wildman–Crippen LogP) is 3.19. The molecule has 0 aliphatic carbocycles. The Labute approximate surface area is 116 Å². The smallest absolute Gasteiger partial charge is 0.239 e. The third-order valence-electron chi connectivity index (χ3n) is 4.58. The van der Waals surface area contributed by atoms with Gasteiger partial charge >= 0.3 is 0 Å². The molecule has 3 unspecified atom stereocenters. The van der Waals surface area contributed by atoms with E-state index in [1.807, 2.05) is 11.8 Å². The number of thioether (sulfide) groups is 1. The molecule has 3 aliphatic rings. The van der Waals surface area contributed by atoms with Crippen molar-refractivity contribution in [2.24, 2.45) is 0 Å². The van der Waals surface area contributed by atoms with Crippen LogP contribution in [0, 0.1) is 0 Å². The monoisotopic (exact) mass is 317 g/mol. The van der Waals surface area contributed by atoms with Gasteiger partial charge in [0, 0.05) is 16.9 Å². The van der Waals surface area contributed by atoms with Gasteiger partial charge in [-0.25, -0.2) is 0 Å². The van der Waals surface area contributed by atoms with Crippen LogP contribution in [-0.4, -0.2) is 38.2 Å². The topological polar surface area (TPSA) is 20.3 Å². The summed E-state index contributed by atoms with van der Waals surface area (Å²) in [6.45, 7) is 2.16. The lowest BCUT2D eigenvalue weighted by molar-refractivity contribution is -0.137. The van der Waals surface area contributed by atoms with Gasteiger partial charge in [-0.15, -0.1) is 11.8 Å². The largest absolute Gasteiger partial charge is 0.335 e. The van der Waals surface area contributed by atoms with Crippen LogP contribution in [0.5, 0.6) is 0 Å². The van der Waals surface area contributed by atoms with E-state index in [0.717, 1.165) is 25.0 Å². The summed E-state index contributed by atoms with van der Waals surface area (Å²) < 4.78 is -0.111. The molecule has 3 fully saturated rings. The van der Waals surface area contributed by atoms with Gasteiger partial charge in [-0.2, -0.15) is 0 Å². The zero-order chi connectivity index (χ0) is 12.0. The van der Waals surface area contributed by atoms with E-state index >= 15 is 0 Å². The molecule has 2 bridgehead atoms. The molecule has 0 aromatic carbocycles. The maximum atomic E-state index is 12.8. The van der Waals surface area contributed by atoms with Gasteiger partial charge in [-0.3, -0.25) is 4.79 Å². The summed E-state index contributed by atoms with van der Waals surface area (Å²) in [6.07, 6.45) is 7.03. The number of carbonyl (C=O) groups excluding carboxylic acids is 1. The highest BCUT2D eigenvalue weighted by Crippen LogP contribution is 2.45. The maximum Gasteiger partial charge on any atom is 0.239 e. The molecule has 96 valence electrons. The fraction of sp³-hybridized carbons (Fsp3) is 0.923. The molecule has 0 radical (unpaired) electrons. The van der Waals surface area contributed by atoms with Crippen LogP contribution in [0.3, 0.4) is 0 Å². The fourth-order valence-electron chi connectivity index (χ4n) is 3.66. The van der Waals surface area contributed by atoms with Gasteiger partial charge in [0.2, 0.25) is 5.91 Å². The van der Waals surface area contributed by atoms with Crippen LogP contribution < -0.4 is 0 Å². The van der Waals surface area contributed by atoms with Crippen molar-refractivity contribution in [1.29, 1.82) is 0 Å². The number of amides is 1. The van der Waals surface area contributed by atoms with E-state index in [2.05, 4.69) is 27.8 Å². The molecule has 0 aromatic heterocycles. The van der Waals surface area contributed by atoms with E-state index in [4.69, 9.17) is 0 Å². The van der Waals surface area contributed by atoms with E-state index < -0.39 is 0 Å². The highest BCUT2D eigenvalue weighted by atomic mass is 79.9. The summed E-state index contributed by atoms with van der Waals surface area (Å²) >= 11 is 5.62. The number of halogens is 1. The molecule has 3 atom stereocenters. The fourth-order valence-corrected chi connectivity index (χ4v) is 5.78. The Hall–Kier alpha value is 0.300. The Kier molecular flexibility index (Phi) is 3.23. The summed E-state index contributed by atoms with van der Waals surface area (Å²) in [7, 11) is 0. The zero-order valence-electron chi connectivity index (χ0n) is 10.3. The van der Waals surface area contributed by atoms with Crippen LogP contribution >= 0.6 is 27.7 Å². The lowest BCUT2D eigenvalue weighted by Crippen LogP contribution is -2.53. The Morgan fingerprint density at radius 2 is 2.00 bits per heavy atom. The molecule has 3 rings (SSSR count). The molecule has 0 aromatic rings. The molecule has 3 heterocycles. The maximum absolute atomic E-state index is 12.8. The summed E-state index contributed by atoms with van der Waals surface area (Å²) in [4.78, 5) is 15.7. The van der Waals surface area contributed by atoms with Crippen LogP contribution in [0.2, 0.25) is 0 Å². The van der Waals surface area contributed by atoms with Crippen LogP contribution in [-0.2, 0) is 4.79 Å². The number of hydrogen-bond donors (Lipinski definition) is 0. The predicted molar refractivity (Wildman–Crippen MR) is 75.7 cm³/mol. The third kappa shape index (κ3) is 2.05. The van der Waals surface area contributed by atoms with Crippen LogP contribution in [0.1, 0.15) is 45.4 Å². The molecule has 2 nitrogen and oxygen atoms in total. The standard InChI is InChI=1S/C13H20BrNOS/c1-13(5-2-6-17-13)12(16)15-10-3-4-11(15)8-9(14)7-10/h9-11H,2-8H2,1H3. The quantitative estimate of drug-likeness (QED) is 0.692. The van der Waals surface area contributed by atoms with Crippen molar-refractivity contribution in [2.45, 2.75) is 67.1 Å². The van der Waals surface area contributed by atoms with Crippen molar-refractivity contribution in [2.75, 3.05) is 5.75 Å². The van der Waals surface area contributed by atoms with Crippen LogP contribution in [0.15, 0.2) is 0 Å². The van der Waals surface area contributed by atoms with Crippen molar-refractivity contribution < 1.29 is 4.79 Å². The SMILES string of the molecule is CC1(C(=O)N2C3CCC2CC(Br)C3)CCCS1. The molecular weight excluding hydrogens is 298 g/mol. The van der Waals surface area contributed by atoms with Gasteiger partial charge in [-0.05, 0) is 51.2 Å². The van der Waals surface area contributed by atoms with Gasteiger partial charge in [0.05, 0.1) is 4.75 Å². The van der Waals surface area contributed by atoms with E-state index in [1.54, 1.807) is 0 Å². The Morgan fingerprint density at radius 3 is 2.53 bits per heavy atom. The molecule has 1 amide bonds. The lowest BCUT2D eigenvalue weighted by atomic mass is 9.97. The van der Waals surface area contributed by atoms with Crippen molar-refractivity contribution in [3.63, 3.8) is 0 Å². The normalized spacial score (nSPS) is 45.3. The zero-order valence-corrected chi connectivity index (χ0v) is 12.7. The Bertz CT molecular complexity index is 315. The van der Waals surface area contributed by atoms with Crippen molar-refractivity contribution in [3.8, 4) is 0 Å². The van der Waals surface area contributed by atoms with Gasteiger partial charge < -0.3 is 4.90 Å². The summed E-state index contributed by atoms with van der Waals surface area (Å²) in [6, 6.07) is 1.03. The molecular formula is C13H20BrNOS. The van der Waals surface area contributed by atoms with E-state index in [0.29, 0.717) is 22.8 Å². The van der Waals surface area contributed by atoms with Gasteiger partial charge in [0.15, 0.2) is 0 Å². The molecule has 0 spiro atoms. The minimum Gasteiger partial charge on any atom is -0.335 e. The van der Waals surface area contributed by atoms with E-state index in [-0.39, 0.29) is 4.75 Å². The number of nitrogens with zero attached hydrogens (tertiary/aromatic N) is 1. The van der Waals surface area contributed by atoms with E-state index in [9.17, 15) is 4.79 Å². The number of alkyl halides is 1. The number of piperidine rings is 1. The van der Waals surface area contributed by atoms with E-state index in [1.165, 1.54) is 19.3 Å². The molecule has 4 heteroatoms. The van der Waals surface area contributed by atoms with Crippen LogP contribution in [0.25, 0.3) is 0 Å². The number of hydrogen-bond acceptors (Lipinski definition) is 2. The summed E-state index contributed by atoms with van der Waals surface area (Å²) in [5.74, 6) is 1.60. The van der Waals surface area contributed by atoms with Crippen LogP contribution in [0.4, 0.5) is 0 Å². The first-order valence-electron chi connectivity index (χ1n) is 6.71. The highest BCUT2D eigenvalue weighted by Gasteiger charge is 2.49. The van der Waals surface area contributed by atoms with Gasteiger partial charge in [0.1, 0.15) is 0 Å². The molecule has 3 aliphatic heterocycles. The first kappa shape index (κ1) is 12.3. The van der Waals surface area contributed by atoms with Gasteiger partial charge in [-0.1, -0.05) is 15.9 Å². The van der Waals surface area contributed by atoms with Crippen molar-refractivity contribution in [3.05, 3.63) is 0 Å². The number of carbonyl (C=O) groups is 1. The molecule has 3 saturated heterocycles. The average Bonchev–Trinajstić information content (AvgIpc) is 2.82. The molecule has 0 N–H and O–H groups in total. The van der Waals surface area contributed by atoms with Crippen molar-refractivity contribution >= 4 is 33.6 Å². The second-order valence-electron chi connectivity index (χ2n) is 5.85. The summed E-state index contributed by atoms with van der Waals surface area (Å²) in [5.41, 5.74) is 0. The highest BCUT2D eigenvalue weighted by molar-refractivity contribution is 9.09. The van der Waals surface area contributed by atoms with Gasteiger partial charge in [0.25, 0.3) is 0 Å². The lowest BCUT2D eigenvalue weighted by Gasteiger charge is -2.41. The minimum atomic E-state index is -0.111. The number of fused-ring (bicyclic) bond motifs is 2. The Morgan fingerprint density at radius 1 is 1.35 bits per heavy atom. The molecule has 0 saturated carbocycles. The first-order valence-corrected chi connectivity index (χ1v) is 8.61. The second-order valence-corrected chi connectivity index (χ2v) is 8.74. The molecule has 17 heavy (non-hydrogen) atoms. The Balaban J connectivity index is 1.78. The second kappa shape index (κ2) is 4.44.